The number of Topliss-reactive ketones (excluding diaryl/α,β-unsaturated/α-hetero) is 1. The van der Waals surface area contributed by atoms with E-state index in [4.69, 9.17) is 4.74 Å². The number of ketones is 1. The molecule has 0 radical (unpaired) electrons. The van der Waals surface area contributed by atoms with Gasteiger partial charge in [0, 0.05) is 6.42 Å². The van der Waals surface area contributed by atoms with Crippen molar-refractivity contribution in [3.63, 3.8) is 0 Å². The quantitative estimate of drug-likeness (QED) is 0.671. The lowest BCUT2D eigenvalue weighted by atomic mass is 10.1. The molecule has 0 atom stereocenters. The first-order chi connectivity index (χ1) is 6.20. The fraction of sp³-hybridized carbons (Fsp3) is 0.300. The molecule has 0 spiro atoms. The van der Waals surface area contributed by atoms with E-state index in [0.29, 0.717) is 5.75 Å². The summed E-state index contributed by atoms with van der Waals surface area (Å²) in [5.41, 5.74) is 0.0486. The van der Waals surface area contributed by atoms with Crippen LogP contribution in [0.25, 0.3) is 0 Å². The summed E-state index contributed by atoms with van der Waals surface area (Å²) in [6.45, 7) is 1.69. The Morgan fingerprint density at radius 2 is 2.23 bits per heavy atom. The van der Waals surface area contributed by atoms with Crippen LogP contribution >= 0.6 is 0 Å². The van der Waals surface area contributed by atoms with Gasteiger partial charge in [-0.2, -0.15) is 0 Å². The molecule has 13 heavy (non-hydrogen) atoms. The van der Waals surface area contributed by atoms with Crippen LogP contribution in [0.1, 0.15) is 23.7 Å². The van der Waals surface area contributed by atoms with Gasteiger partial charge in [-0.05, 0) is 12.1 Å². The molecular formula is C10H11FO2. The van der Waals surface area contributed by atoms with Gasteiger partial charge in [0.15, 0.2) is 5.78 Å². The van der Waals surface area contributed by atoms with Crippen molar-refractivity contribution >= 4 is 5.78 Å². The SMILES string of the molecule is CCC(=O)c1c(F)cccc1OC. The molecule has 2 nitrogen and oxygen atoms in total. The monoisotopic (exact) mass is 182 g/mol. The first-order valence-electron chi connectivity index (χ1n) is 4.06. The summed E-state index contributed by atoms with van der Waals surface area (Å²) in [4.78, 5) is 11.3. The number of methoxy groups -OCH3 is 1. The van der Waals surface area contributed by atoms with Crippen molar-refractivity contribution in [3.8, 4) is 5.75 Å². The largest absolute Gasteiger partial charge is 0.496 e. The molecular weight excluding hydrogens is 171 g/mol. The lowest BCUT2D eigenvalue weighted by Crippen LogP contribution is -2.03. The molecule has 0 fully saturated rings. The third-order valence-corrected chi connectivity index (χ3v) is 1.80. The van der Waals surface area contributed by atoms with Crippen LogP contribution in [0.5, 0.6) is 5.75 Å². The van der Waals surface area contributed by atoms with Crippen molar-refractivity contribution in [2.45, 2.75) is 13.3 Å². The van der Waals surface area contributed by atoms with E-state index >= 15 is 0 Å². The normalized spacial score (nSPS) is 9.77. The molecule has 0 aromatic heterocycles. The Bertz CT molecular complexity index is 321. The fourth-order valence-corrected chi connectivity index (χ4v) is 1.12. The summed E-state index contributed by atoms with van der Waals surface area (Å²) in [5.74, 6) is -0.465. The molecule has 1 rings (SSSR count). The number of halogens is 1. The summed E-state index contributed by atoms with van der Waals surface area (Å²) in [6.07, 6.45) is 0.275. The second-order valence-corrected chi connectivity index (χ2v) is 2.59. The van der Waals surface area contributed by atoms with Crippen LogP contribution in [0, 0.1) is 5.82 Å². The molecule has 0 aliphatic rings. The van der Waals surface area contributed by atoms with Gasteiger partial charge in [0.05, 0.1) is 12.7 Å². The molecule has 0 bridgehead atoms. The van der Waals surface area contributed by atoms with Gasteiger partial charge in [-0.3, -0.25) is 4.79 Å². The van der Waals surface area contributed by atoms with Crippen molar-refractivity contribution in [1.82, 2.24) is 0 Å². The van der Waals surface area contributed by atoms with E-state index in [1.807, 2.05) is 0 Å². The van der Waals surface area contributed by atoms with Crippen LogP contribution in [0.2, 0.25) is 0 Å². The van der Waals surface area contributed by atoms with Crippen molar-refractivity contribution < 1.29 is 13.9 Å². The number of benzene rings is 1. The molecule has 0 amide bonds. The zero-order valence-electron chi connectivity index (χ0n) is 7.63. The fourth-order valence-electron chi connectivity index (χ4n) is 1.12. The minimum absolute atomic E-state index is 0.0486. The molecule has 1 aromatic carbocycles. The van der Waals surface area contributed by atoms with Crippen LogP contribution in [0.3, 0.4) is 0 Å². The predicted octanol–water partition coefficient (Wildman–Crippen LogP) is 2.43. The topological polar surface area (TPSA) is 26.3 Å². The number of hydrogen-bond acceptors (Lipinski definition) is 2. The van der Waals surface area contributed by atoms with Gasteiger partial charge >= 0.3 is 0 Å². The molecule has 0 saturated heterocycles. The van der Waals surface area contributed by atoms with E-state index in [9.17, 15) is 9.18 Å². The molecule has 0 unspecified atom stereocenters. The molecule has 0 aliphatic heterocycles. The molecule has 0 saturated carbocycles. The van der Waals surface area contributed by atoms with Crippen molar-refractivity contribution in [2.75, 3.05) is 7.11 Å². The van der Waals surface area contributed by atoms with E-state index in [2.05, 4.69) is 0 Å². The average Bonchev–Trinajstić information content (AvgIpc) is 2.16. The lowest BCUT2D eigenvalue weighted by molar-refractivity contribution is 0.0981. The van der Waals surface area contributed by atoms with Gasteiger partial charge in [0.2, 0.25) is 0 Å². The van der Waals surface area contributed by atoms with E-state index in [-0.39, 0.29) is 17.8 Å². The van der Waals surface area contributed by atoms with Crippen LogP contribution < -0.4 is 4.74 Å². The smallest absolute Gasteiger partial charge is 0.169 e. The summed E-state index contributed by atoms with van der Waals surface area (Å²) in [7, 11) is 1.42. The van der Waals surface area contributed by atoms with Gasteiger partial charge in [0.25, 0.3) is 0 Å². The zero-order valence-corrected chi connectivity index (χ0v) is 7.63. The molecule has 0 N–H and O–H groups in total. The molecule has 0 heterocycles. The van der Waals surface area contributed by atoms with E-state index < -0.39 is 5.82 Å². The highest BCUT2D eigenvalue weighted by atomic mass is 19.1. The van der Waals surface area contributed by atoms with E-state index in [1.165, 1.54) is 19.2 Å². The Morgan fingerprint density at radius 3 is 2.77 bits per heavy atom. The van der Waals surface area contributed by atoms with Crippen molar-refractivity contribution in [3.05, 3.63) is 29.6 Å². The summed E-state index contributed by atoms with van der Waals surface area (Å²) < 4.78 is 18.1. The van der Waals surface area contributed by atoms with Gasteiger partial charge in [-0.1, -0.05) is 13.0 Å². The molecule has 0 aliphatic carbocycles. The Labute approximate surface area is 76.3 Å². The Balaban J connectivity index is 3.22. The second kappa shape index (κ2) is 4.03. The van der Waals surface area contributed by atoms with E-state index in [1.54, 1.807) is 13.0 Å². The molecule has 70 valence electrons. The molecule has 1 aromatic rings. The number of rotatable bonds is 3. The first kappa shape index (κ1) is 9.71. The predicted molar refractivity (Wildman–Crippen MR) is 47.6 cm³/mol. The van der Waals surface area contributed by atoms with Crippen molar-refractivity contribution in [2.24, 2.45) is 0 Å². The second-order valence-electron chi connectivity index (χ2n) is 2.59. The van der Waals surface area contributed by atoms with Gasteiger partial charge in [0.1, 0.15) is 11.6 Å². The lowest BCUT2D eigenvalue weighted by Gasteiger charge is -2.06. The van der Waals surface area contributed by atoms with Gasteiger partial charge in [-0.15, -0.1) is 0 Å². The van der Waals surface area contributed by atoms with E-state index in [0.717, 1.165) is 0 Å². The standard InChI is InChI=1S/C10H11FO2/c1-3-8(12)10-7(11)5-4-6-9(10)13-2/h4-6H,3H2,1-2H3. The van der Waals surface area contributed by atoms with Crippen LogP contribution in [-0.2, 0) is 0 Å². The first-order valence-corrected chi connectivity index (χ1v) is 4.06. The van der Waals surface area contributed by atoms with Crippen LogP contribution in [0.15, 0.2) is 18.2 Å². The minimum atomic E-state index is -0.522. The third kappa shape index (κ3) is 1.86. The van der Waals surface area contributed by atoms with Gasteiger partial charge in [-0.25, -0.2) is 4.39 Å². The van der Waals surface area contributed by atoms with Crippen LogP contribution in [-0.4, -0.2) is 12.9 Å². The average molecular weight is 182 g/mol. The number of ether oxygens (including phenoxy) is 1. The maximum atomic E-state index is 13.2. The maximum Gasteiger partial charge on any atom is 0.169 e. The Hall–Kier alpha value is -1.38. The number of carbonyl (C=O) groups excluding carboxylic acids is 1. The van der Waals surface area contributed by atoms with Crippen molar-refractivity contribution in [1.29, 1.82) is 0 Å². The highest BCUT2D eigenvalue weighted by molar-refractivity contribution is 5.98. The minimum Gasteiger partial charge on any atom is -0.496 e. The van der Waals surface area contributed by atoms with Crippen LogP contribution in [0.4, 0.5) is 4.39 Å². The third-order valence-electron chi connectivity index (χ3n) is 1.80. The maximum absolute atomic E-state index is 13.2. The highest BCUT2D eigenvalue weighted by Crippen LogP contribution is 2.22. The Morgan fingerprint density at radius 1 is 1.54 bits per heavy atom. The number of hydrogen-bond donors (Lipinski definition) is 0. The highest BCUT2D eigenvalue weighted by Gasteiger charge is 2.14. The summed E-state index contributed by atoms with van der Waals surface area (Å²) in [6, 6.07) is 4.35. The van der Waals surface area contributed by atoms with Gasteiger partial charge < -0.3 is 4.74 Å². The molecule has 3 heteroatoms. The number of carbonyl (C=O) groups is 1. The Kier molecular flexibility index (Phi) is 3.01. The zero-order chi connectivity index (χ0) is 9.84. The summed E-state index contributed by atoms with van der Waals surface area (Å²) >= 11 is 0. The summed E-state index contributed by atoms with van der Waals surface area (Å²) in [5, 5.41) is 0.